The number of aromatic nitrogens is 3. The zero-order valence-corrected chi connectivity index (χ0v) is 17.8. The number of hydrogen-bond acceptors (Lipinski definition) is 6. The first kappa shape index (κ1) is 19.1. The summed E-state index contributed by atoms with van der Waals surface area (Å²) in [6.07, 6.45) is 0. The molecule has 0 radical (unpaired) electrons. The summed E-state index contributed by atoms with van der Waals surface area (Å²) in [6.45, 7) is 0.425. The highest BCUT2D eigenvalue weighted by Gasteiger charge is 2.13. The van der Waals surface area contributed by atoms with Crippen LogP contribution < -0.4 is 5.32 Å². The summed E-state index contributed by atoms with van der Waals surface area (Å²) in [5.74, 6) is 2.10. The molecule has 5 nitrogen and oxygen atoms in total. The van der Waals surface area contributed by atoms with Gasteiger partial charge in [-0.2, -0.15) is 0 Å². The molecule has 5 aromatic rings. The van der Waals surface area contributed by atoms with Gasteiger partial charge < -0.3 is 9.84 Å². The van der Waals surface area contributed by atoms with Crippen LogP contribution in [0.15, 0.2) is 70.6 Å². The number of hydrogen-bond donors (Lipinski definition) is 1. The van der Waals surface area contributed by atoms with Gasteiger partial charge in [0.25, 0.3) is 0 Å². The molecule has 0 saturated carbocycles. The molecule has 148 valence electrons. The van der Waals surface area contributed by atoms with Crippen LogP contribution >= 0.6 is 34.5 Å². The van der Waals surface area contributed by atoms with Crippen molar-refractivity contribution >= 4 is 50.6 Å². The van der Waals surface area contributed by atoms with Crippen molar-refractivity contribution in [1.29, 1.82) is 0 Å². The summed E-state index contributed by atoms with van der Waals surface area (Å²) in [6, 6.07) is 19.1. The number of nitrogens with zero attached hydrogens (tertiary/aromatic N) is 3. The molecule has 1 N–H and O–H groups in total. The smallest absolute Gasteiger partial charge is 0.163 e. The standard InChI is InChI=1S/C22H14Cl2N4OS/c23-14-6-7-16(18(24)10-14)19-11-15(29-28-19)12-25-21-17-8-9-30-22(17)27-20(26-21)13-4-2-1-3-5-13/h1-11H,12H2,(H,25,26,27). The molecule has 0 fully saturated rings. The van der Waals surface area contributed by atoms with Crippen molar-refractivity contribution in [1.82, 2.24) is 15.1 Å². The van der Waals surface area contributed by atoms with Crippen molar-refractivity contribution in [2.75, 3.05) is 5.32 Å². The van der Waals surface area contributed by atoms with Gasteiger partial charge in [0.1, 0.15) is 16.3 Å². The van der Waals surface area contributed by atoms with E-state index in [1.807, 2.05) is 53.9 Å². The Balaban J connectivity index is 1.42. The Labute approximate surface area is 186 Å². The summed E-state index contributed by atoms with van der Waals surface area (Å²) in [7, 11) is 0. The van der Waals surface area contributed by atoms with Gasteiger partial charge in [0.05, 0.1) is 17.0 Å². The lowest BCUT2D eigenvalue weighted by Gasteiger charge is -2.07. The fourth-order valence-electron chi connectivity index (χ4n) is 3.10. The Kier molecular flexibility index (Phi) is 5.12. The highest BCUT2D eigenvalue weighted by Crippen LogP contribution is 2.31. The van der Waals surface area contributed by atoms with E-state index < -0.39 is 0 Å². The largest absolute Gasteiger partial charge is 0.362 e. The Morgan fingerprint density at radius 2 is 1.83 bits per heavy atom. The quantitative estimate of drug-likeness (QED) is 0.313. The molecule has 0 aliphatic heterocycles. The van der Waals surface area contributed by atoms with Crippen LogP contribution in [-0.2, 0) is 6.54 Å². The molecule has 8 heteroatoms. The Morgan fingerprint density at radius 1 is 0.967 bits per heavy atom. The predicted octanol–water partition coefficient (Wildman–Crippen LogP) is 6.93. The van der Waals surface area contributed by atoms with Crippen LogP contribution in [0.4, 0.5) is 5.82 Å². The van der Waals surface area contributed by atoms with E-state index in [4.69, 9.17) is 32.7 Å². The highest BCUT2D eigenvalue weighted by molar-refractivity contribution is 7.16. The number of benzene rings is 2. The summed E-state index contributed by atoms with van der Waals surface area (Å²) in [5.41, 5.74) is 2.39. The Bertz CT molecular complexity index is 1330. The van der Waals surface area contributed by atoms with E-state index in [2.05, 4.69) is 15.5 Å². The van der Waals surface area contributed by atoms with Gasteiger partial charge in [0.2, 0.25) is 0 Å². The van der Waals surface area contributed by atoms with Crippen LogP contribution in [0.2, 0.25) is 10.0 Å². The minimum Gasteiger partial charge on any atom is -0.362 e. The molecular formula is C22H14Cl2N4OS. The number of rotatable bonds is 5. The third-order valence-electron chi connectivity index (χ3n) is 4.55. The van der Waals surface area contributed by atoms with Gasteiger partial charge in [0, 0.05) is 22.2 Å². The van der Waals surface area contributed by atoms with Crippen molar-refractivity contribution in [2.24, 2.45) is 0 Å². The molecule has 3 heterocycles. The monoisotopic (exact) mass is 452 g/mol. The maximum Gasteiger partial charge on any atom is 0.163 e. The molecule has 0 atom stereocenters. The number of thiophene rings is 1. The molecule has 0 amide bonds. The summed E-state index contributed by atoms with van der Waals surface area (Å²) < 4.78 is 5.49. The third kappa shape index (κ3) is 3.77. The van der Waals surface area contributed by atoms with Gasteiger partial charge in [-0.25, -0.2) is 9.97 Å². The topological polar surface area (TPSA) is 63.8 Å². The average molecular weight is 453 g/mol. The fraction of sp³-hybridized carbons (Fsp3) is 0.0455. The van der Waals surface area contributed by atoms with Gasteiger partial charge in [-0.15, -0.1) is 11.3 Å². The molecule has 0 unspecified atom stereocenters. The lowest BCUT2D eigenvalue weighted by Crippen LogP contribution is -2.02. The van der Waals surface area contributed by atoms with E-state index in [-0.39, 0.29) is 0 Å². The average Bonchev–Trinajstić information content (AvgIpc) is 3.42. The first-order valence-electron chi connectivity index (χ1n) is 9.13. The molecule has 2 aromatic carbocycles. The van der Waals surface area contributed by atoms with Crippen LogP contribution in [0.5, 0.6) is 0 Å². The summed E-state index contributed by atoms with van der Waals surface area (Å²) in [5, 5.41) is 11.6. The van der Waals surface area contributed by atoms with Crippen molar-refractivity contribution in [2.45, 2.75) is 6.54 Å². The van der Waals surface area contributed by atoms with Crippen LogP contribution in [0.3, 0.4) is 0 Å². The minimum absolute atomic E-state index is 0.425. The van der Waals surface area contributed by atoms with E-state index in [1.165, 1.54) is 0 Å². The van der Waals surface area contributed by atoms with Gasteiger partial charge >= 0.3 is 0 Å². The first-order chi connectivity index (χ1) is 14.7. The molecule has 5 rings (SSSR count). The van der Waals surface area contributed by atoms with E-state index in [9.17, 15) is 0 Å². The molecule has 0 aliphatic carbocycles. The van der Waals surface area contributed by atoms with Crippen LogP contribution in [-0.4, -0.2) is 15.1 Å². The molecular weight excluding hydrogens is 439 g/mol. The highest BCUT2D eigenvalue weighted by atomic mass is 35.5. The SMILES string of the molecule is Clc1ccc(-c2cc(CNc3nc(-c4ccccc4)nc4sccc34)on2)c(Cl)c1. The number of fused-ring (bicyclic) bond motifs is 1. The van der Waals surface area contributed by atoms with Crippen molar-refractivity contribution in [3.63, 3.8) is 0 Å². The number of anilines is 1. The van der Waals surface area contributed by atoms with E-state index >= 15 is 0 Å². The molecule has 0 saturated heterocycles. The summed E-state index contributed by atoms with van der Waals surface area (Å²) in [4.78, 5) is 10.3. The van der Waals surface area contributed by atoms with Crippen LogP contribution in [0.1, 0.15) is 5.76 Å². The Morgan fingerprint density at radius 3 is 2.67 bits per heavy atom. The maximum absolute atomic E-state index is 6.28. The zero-order valence-electron chi connectivity index (χ0n) is 15.5. The van der Waals surface area contributed by atoms with Gasteiger partial charge in [-0.1, -0.05) is 58.7 Å². The number of halogens is 2. The van der Waals surface area contributed by atoms with Gasteiger partial charge in [0.15, 0.2) is 11.6 Å². The van der Waals surface area contributed by atoms with Crippen molar-refractivity contribution in [3.05, 3.63) is 81.8 Å². The van der Waals surface area contributed by atoms with Crippen molar-refractivity contribution in [3.8, 4) is 22.6 Å². The van der Waals surface area contributed by atoms with Gasteiger partial charge in [-0.05, 0) is 29.6 Å². The fourth-order valence-corrected chi connectivity index (χ4v) is 4.37. The predicted molar refractivity (Wildman–Crippen MR) is 122 cm³/mol. The van der Waals surface area contributed by atoms with Crippen LogP contribution in [0.25, 0.3) is 32.9 Å². The molecule has 0 spiro atoms. The van der Waals surface area contributed by atoms with Crippen molar-refractivity contribution < 1.29 is 4.52 Å². The third-order valence-corrected chi connectivity index (χ3v) is 5.91. The van der Waals surface area contributed by atoms with E-state index in [1.54, 1.807) is 23.5 Å². The van der Waals surface area contributed by atoms with E-state index in [0.717, 1.165) is 27.2 Å². The second-order valence-electron chi connectivity index (χ2n) is 6.56. The first-order valence-corrected chi connectivity index (χ1v) is 10.8. The number of nitrogens with one attached hydrogen (secondary N) is 1. The molecule has 0 bridgehead atoms. The zero-order chi connectivity index (χ0) is 20.5. The molecule has 3 aromatic heterocycles. The van der Waals surface area contributed by atoms with Gasteiger partial charge in [-0.3, -0.25) is 0 Å². The normalized spacial score (nSPS) is 11.1. The molecule has 0 aliphatic rings. The van der Waals surface area contributed by atoms with Crippen LogP contribution in [0, 0.1) is 0 Å². The maximum atomic E-state index is 6.28. The summed E-state index contributed by atoms with van der Waals surface area (Å²) >= 11 is 13.8. The lowest BCUT2D eigenvalue weighted by atomic mass is 10.1. The lowest BCUT2D eigenvalue weighted by molar-refractivity contribution is 0.390. The second-order valence-corrected chi connectivity index (χ2v) is 8.30. The molecule has 30 heavy (non-hydrogen) atoms. The second kappa shape index (κ2) is 8.07. The minimum atomic E-state index is 0.425. The Hall–Kier alpha value is -2.93. The van der Waals surface area contributed by atoms with E-state index in [0.29, 0.717) is 33.9 Å².